The van der Waals surface area contributed by atoms with Gasteiger partial charge in [-0.25, -0.2) is 9.59 Å². The van der Waals surface area contributed by atoms with Gasteiger partial charge < -0.3 is 18.6 Å². The van der Waals surface area contributed by atoms with Crippen molar-refractivity contribution in [3.8, 4) is 5.75 Å². The summed E-state index contributed by atoms with van der Waals surface area (Å²) in [7, 11) is 0. The molecule has 6 heteroatoms. The third-order valence-corrected chi connectivity index (χ3v) is 4.43. The van der Waals surface area contributed by atoms with Crippen molar-refractivity contribution in [2.24, 2.45) is 0 Å². The van der Waals surface area contributed by atoms with Gasteiger partial charge >= 0.3 is 11.9 Å². The first-order valence-electron chi connectivity index (χ1n) is 8.76. The molecule has 0 spiro atoms. The molecular weight excluding hydrogens is 348 g/mol. The Labute approximate surface area is 155 Å². The summed E-state index contributed by atoms with van der Waals surface area (Å²) in [4.78, 5) is 24.7. The van der Waals surface area contributed by atoms with Crippen LogP contribution in [0.4, 0.5) is 0 Å². The van der Waals surface area contributed by atoms with Crippen LogP contribution in [0.15, 0.2) is 52.9 Å². The maximum Gasteiger partial charge on any atom is 0.374 e. The van der Waals surface area contributed by atoms with Crippen LogP contribution in [-0.2, 0) is 27.3 Å². The number of furan rings is 1. The van der Waals surface area contributed by atoms with Gasteiger partial charge in [-0.1, -0.05) is 36.4 Å². The Morgan fingerprint density at radius 2 is 1.85 bits per heavy atom. The third-order valence-electron chi connectivity index (χ3n) is 4.43. The summed E-state index contributed by atoms with van der Waals surface area (Å²) in [5, 5.41) is 0.712. The van der Waals surface area contributed by atoms with E-state index in [-0.39, 0.29) is 19.0 Å². The highest BCUT2D eigenvalue weighted by molar-refractivity contribution is 5.96. The lowest BCUT2D eigenvalue weighted by molar-refractivity contribution is -0.152. The van der Waals surface area contributed by atoms with E-state index in [1.807, 2.05) is 36.4 Å². The van der Waals surface area contributed by atoms with Crippen molar-refractivity contribution in [3.63, 3.8) is 0 Å². The molecule has 0 radical (unpaired) electrons. The predicted molar refractivity (Wildman–Crippen MR) is 96.5 cm³/mol. The Kier molecular flexibility index (Phi) is 4.54. The van der Waals surface area contributed by atoms with E-state index >= 15 is 0 Å². The molecule has 0 bridgehead atoms. The molecule has 1 aliphatic heterocycles. The minimum Gasteiger partial charge on any atom is -0.478 e. The number of benzene rings is 2. The highest BCUT2D eigenvalue weighted by Crippen LogP contribution is 2.30. The lowest BCUT2D eigenvalue weighted by atomic mass is 10.1. The topological polar surface area (TPSA) is 75.0 Å². The molecule has 0 amide bonds. The molecule has 3 aromatic rings. The van der Waals surface area contributed by atoms with E-state index in [0.29, 0.717) is 28.7 Å². The van der Waals surface area contributed by atoms with Crippen molar-refractivity contribution in [1.29, 1.82) is 0 Å². The van der Waals surface area contributed by atoms with Crippen LogP contribution < -0.4 is 4.74 Å². The third kappa shape index (κ3) is 3.26. The van der Waals surface area contributed by atoms with Crippen molar-refractivity contribution in [2.75, 3.05) is 6.61 Å². The summed E-state index contributed by atoms with van der Waals surface area (Å²) >= 11 is 0. The average molecular weight is 366 g/mol. The summed E-state index contributed by atoms with van der Waals surface area (Å²) in [6.07, 6.45) is -0.224. The second-order valence-electron chi connectivity index (χ2n) is 6.15. The van der Waals surface area contributed by atoms with Crippen LogP contribution in [0.1, 0.15) is 28.6 Å². The summed E-state index contributed by atoms with van der Waals surface area (Å²) in [5.74, 6) is -0.308. The van der Waals surface area contributed by atoms with Gasteiger partial charge in [0.2, 0.25) is 5.76 Å². The van der Waals surface area contributed by atoms with Crippen molar-refractivity contribution in [3.05, 3.63) is 65.4 Å². The van der Waals surface area contributed by atoms with Gasteiger partial charge in [0.05, 0.1) is 12.2 Å². The van der Waals surface area contributed by atoms with Crippen LogP contribution in [0.2, 0.25) is 0 Å². The number of esters is 2. The van der Waals surface area contributed by atoms with Gasteiger partial charge in [-0.2, -0.15) is 0 Å². The van der Waals surface area contributed by atoms with Gasteiger partial charge in [-0.3, -0.25) is 0 Å². The zero-order chi connectivity index (χ0) is 18.8. The molecule has 0 fully saturated rings. The van der Waals surface area contributed by atoms with E-state index in [1.54, 1.807) is 19.1 Å². The monoisotopic (exact) mass is 366 g/mol. The summed E-state index contributed by atoms with van der Waals surface area (Å²) < 4.78 is 21.8. The van der Waals surface area contributed by atoms with E-state index in [0.717, 1.165) is 5.56 Å². The van der Waals surface area contributed by atoms with Gasteiger partial charge in [-0.05, 0) is 24.6 Å². The lowest BCUT2D eigenvalue weighted by Crippen LogP contribution is -2.27. The van der Waals surface area contributed by atoms with Gasteiger partial charge in [0, 0.05) is 11.8 Å². The lowest BCUT2D eigenvalue weighted by Gasteiger charge is -2.11. The van der Waals surface area contributed by atoms with Gasteiger partial charge in [0.25, 0.3) is 0 Å². The highest BCUT2D eigenvalue weighted by Gasteiger charge is 2.31. The molecule has 4 rings (SSSR count). The second-order valence-corrected chi connectivity index (χ2v) is 6.15. The zero-order valence-electron chi connectivity index (χ0n) is 14.8. The number of carbonyl (C=O) groups excluding carboxylic acids is 2. The molecule has 27 heavy (non-hydrogen) atoms. The SMILES string of the molecule is CCOC(=O)c1oc2ccccc2c1COC(=O)[C@@H]1Cc2ccccc2O1. The Morgan fingerprint density at radius 1 is 1.07 bits per heavy atom. The van der Waals surface area contributed by atoms with Crippen molar-refractivity contribution in [1.82, 2.24) is 0 Å². The Bertz CT molecular complexity index is 978. The van der Waals surface area contributed by atoms with E-state index in [4.69, 9.17) is 18.6 Å². The number of rotatable bonds is 5. The van der Waals surface area contributed by atoms with Crippen LogP contribution in [-0.4, -0.2) is 24.6 Å². The molecular formula is C21H18O6. The molecule has 2 heterocycles. The van der Waals surface area contributed by atoms with Crippen molar-refractivity contribution >= 4 is 22.9 Å². The molecule has 6 nitrogen and oxygen atoms in total. The smallest absolute Gasteiger partial charge is 0.374 e. The number of hydrogen-bond acceptors (Lipinski definition) is 6. The van der Waals surface area contributed by atoms with Crippen molar-refractivity contribution < 1.29 is 28.2 Å². The maximum atomic E-state index is 12.5. The van der Waals surface area contributed by atoms with Crippen LogP contribution in [0.5, 0.6) is 5.75 Å². The molecule has 1 aromatic heterocycles. The van der Waals surface area contributed by atoms with Gasteiger partial charge in [-0.15, -0.1) is 0 Å². The highest BCUT2D eigenvalue weighted by atomic mass is 16.6. The van der Waals surface area contributed by atoms with E-state index < -0.39 is 18.0 Å². The fourth-order valence-corrected chi connectivity index (χ4v) is 3.15. The molecule has 2 aromatic carbocycles. The quantitative estimate of drug-likeness (QED) is 0.642. The Morgan fingerprint density at radius 3 is 2.67 bits per heavy atom. The van der Waals surface area contributed by atoms with Crippen LogP contribution in [0.25, 0.3) is 11.0 Å². The van der Waals surface area contributed by atoms with Crippen LogP contribution >= 0.6 is 0 Å². The van der Waals surface area contributed by atoms with E-state index in [2.05, 4.69) is 0 Å². The molecule has 0 saturated heterocycles. The standard InChI is InChI=1S/C21H18O6/c1-2-24-21(23)19-15(14-8-4-6-10-17(14)27-19)12-25-20(22)18-11-13-7-3-5-9-16(13)26-18/h3-10,18H,2,11-12H2,1H3/t18-/m0/s1. The van der Waals surface area contributed by atoms with Gasteiger partial charge in [0.1, 0.15) is 17.9 Å². The van der Waals surface area contributed by atoms with Gasteiger partial charge in [0.15, 0.2) is 6.10 Å². The first-order chi connectivity index (χ1) is 13.2. The van der Waals surface area contributed by atoms with E-state index in [9.17, 15) is 9.59 Å². The van der Waals surface area contributed by atoms with E-state index in [1.165, 1.54) is 0 Å². The number of fused-ring (bicyclic) bond motifs is 2. The molecule has 1 atom stereocenters. The number of para-hydroxylation sites is 2. The summed E-state index contributed by atoms with van der Waals surface area (Å²) in [6.45, 7) is 1.85. The molecule has 0 saturated carbocycles. The second kappa shape index (κ2) is 7.15. The first kappa shape index (κ1) is 17.1. The molecule has 0 aliphatic carbocycles. The minimum absolute atomic E-state index is 0.0569. The molecule has 138 valence electrons. The first-order valence-corrected chi connectivity index (χ1v) is 8.76. The average Bonchev–Trinajstić information content (AvgIpc) is 3.28. The Hall–Kier alpha value is -3.28. The van der Waals surface area contributed by atoms with Crippen LogP contribution in [0, 0.1) is 0 Å². The molecule has 1 aliphatic rings. The zero-order valence-corrected chi connectivity index (χ0v) is 14.8. The van der Waals surface area contributed by atoms with Crippen molar-refractivity contribution in [2.45, 2.75) is 26.1 Å². The fourth-order valence-electron chi connectivity index (χ4n) is 3.15. The largest absolute Gasteiger partial charge is 0.478 e. The number of carbonyl (C=O) groups is 2. The fraction of sp³-hybridized carbons (Fsp3) is 0.238. The predicted octanol–water partition coefficient (Wildman–Crippen LogP) is 3.66. The normalized spacial score (nSPS) is 15.2. The summed E-state index contributed by atoms with van der Waals surface area (Å²) in [5.41, 5.74) is 2.00. The van der Waals surface area contributed by atoms with Crippen LogP contribution in [0.3, 0.4) is 0 Å². The maximum absolute atomic E-state index is 12.5. The molecule has 0 N–H and O–H groups in total. The number of ether oxygens (including phenoxy) is 3. The molecule has 0 unspecified atom stereocenters. The Balaban J connectivity index is 1.52. The minimum atomic E-state index is -0.688. The number of hydrogen-bond donors (Lipinski definition) is 0. The summed E-state index contributed by atoms with van der Waals surface area (Å²) in [6, 6.07) is 14.7.